The SMILES string of the molecule is CCCCCCCCCC/C=C/CC/C=C/CC/C=C/C(O)C(CO)NC(=O)C(O)CCCCCCCCCCCCC/C=C\CCCCCCCCCCCCCC. The summed E-state index contributed by atoms with van der Waals surface area (Å²) in [6, 6.07) is -0.822. The van der Waals surface area contributed by atoms with Crippen molar-refractivity contribution >= 4 is 5.91 Å². The van der Waals surface area contributed by atoms with Gasteiger partial charge >= 0.3 is 0 Å². The molecule has 0 heterocycles. The molecular weight excluding hydrogens is 727 g/mol. The Morgan fingerprint density at radius 3 is 1.03 bits per heavy atom. The van der Waals surface area contributed by atoms with Crippen molar-refractivity contribution < 1.29 is 20.1 Å². The molecule has 3 atom stereocenters. The number of unbranched alkanes of at least 4 members (excludes halogenated alkanes) is 33. The van der Waals surface area contributed by atoms with Gasteiger partial charge in [0.25, 0.3) is 0 Å². The number of allylic oxidation sites excluding steroid dienone is 7. The number of aliphatic hydroxyl groups is 3. The number of nitrogens with one attached hydrogen (secondary N) is 1. The first kappa shape index (κ1) is 57.3. The number of aliphatic hydroxyl groups excluding tert-OH is 3. The van der Waals surface area contributed by atoms with Crippen molar-refractivity contribution in [2.75, 3.05) is 6.61 Å². The third-order valence-corrected chi connectivity index (χ3v) is 11.9. The fourth-order valence-electron chi connectivity index (χ4n) is 7.80. The van der Waals surface area contributed by atoms with Crippen molar-refractivity contribution in [3.05, 3.63) is 48.6 Å². The molecule has 59 heavy (non-hydrogen) atoms. The summed E-state index contributed by atoms with van der Waals surface area (Å²) < 4.78 is 0. The summed E-state index contributed by atoms with van der Waals surface area (Å²) in [7, 11) is 0. The van der Waals surface area contributed by atoms with Crippen LogP contribution in [0, 0.1) is 0 Å². The van der Waals surface area contributed by atoms with Crippen molar-refractivity contribution in [2.45, 2.75) is 283 Å². The molecule has 0 aromatic rings. The first-order chi connectivity index (χ1) is 29.1. The molecule has 0 saturated heterocycles. The Balaban J connectivity index is 3.64. The number of rotatable bonds is 47. The van der Waals surface area contributed by atoms with Gasteiger partial charge in [-0.1, -0.05) is 242 Å². The fourth-order valence-corrected chi connectivity index (χ4v) is 7.80. The molecular formula is C54H101NO4. The van der Waals surface area contributed by atoms with Crippen LogP contribution in [0.4, 0.5) is 0 Å². The molecule has 0 bridgehead atoms. The van der Waals surface area contributed by atoms with Crippen LogP contribution in [0.1, 0.15) is 264 Å². The summed E-state index contributed by atoms with van der Waals surface area (Å²) in [5, 5.41) is 33.2. The van der Waals surface area contributed by atoms with Crippen molar-refractivity contribution in [3.8, 4) is 0 Å². The van der Waals surface area contributed by atoms with Crippen LogP contribution >= 0.6 is 0 Å². The van der Waals surface area contributed by atoms with E-state index in [1.165, 1.54) is 199 Å². The average molecular weight is 828 g/mol. The van der Waals surface area contributed by atoms with Gasteiger partial charge in [0.05, 0.1) is 18.8 Å². The highest BCUT2D eigenvalue weighted by Crippen LogP contribution is 2.16. The Hall–Kier alpha value is -1.69. The van der Waals surface area contributed by atoms with Gasteiger partial charge in [0.15, 0.2) is 0 Å². The van der Waals surface area contributed by atoms with Crippen LogP contribution in [0.5, 0.6) is 0 Å². The minimum atomic E-state index is -1.11. The van der Waals surface area contributed by atoms with E-state index < -0.39 is 24.2 Å². The molecule has 0 radical (unpaired) electrons. The lowest BCUT2D eigenvalue weighted by molar-refractivity contribution is -0.131. The third-order valence-electron chi connectivity index (χ3n) is 11.9. The van der Waals surface area contributed by atoms with Gasteiger partial charge in [-0.3, -0.25) is 4.79 Å². The van der Waals surface area contributed by atoms with Crippen LogP contribution < -0.4 is 5.32 Å². The van der Waals surface area contributed by atoms with E-state index in [2.05, 4.69) is 55.6 Å². The van der Waals surface area contributed by atoms with Crippen LogP contribution in [0.2, 0.25) is 0 Å². The Bertz CT molecular complexity index is 958. The first-order valence-electron chi connectivity index (χ1n) is 26.0. The zero-order valence-corrected chi connectivity index (χ0v) is 39.4. The third kappa shape index (κ3) is 44.2. The Labute approximate surface area is 367 Å². The molecule has 5 heteroatoms. The molecule has 4 N–H and O–H groups in total. The quantitative estimate of drug-likeness (QED) is 0.0363. The minimum absolute atomic E-state index is 0.382. The van der Waals surface area contributed by atoms with E-state index in [9.17, 15) is 20.1 Å². The lowest BCUT2D eigenvalue weighted by atomic mass is 10.0. The van der Waals surface area contributed by atoms with Gasteiger partial charge in [-0.05, 0) is 70.6 Å². The number of carbonyl (C=O) groups excluding carboxylic acids is 1. The number of hydrogen-bond acceptors (Lipinski definition) is 4. The van der Waals surface area contributed by atoms with Gasteiger partial charge in [-0.2, -0.15) is 0 Å². The molecule has 1 amide bonds. The first-order valence-corrected chi connectivity index (χ1v) is 26.0. The number of hydrogen-bond donors (Lipinski definition) is 4. The smallest absolute Gasteiger partial charge is 0.249 e. The second-order valence-electron chi connectivity index (χ2n) is 17.7. The average Bonchev–Trinajstić information content (AvgIpc) is 3.24. The van der Waals surface area contributed by atoms with Crippen LogP contribution in [-0.4, -0.2) is 46.1 Å². The summed E-state index contributed by atoms with van der Waals surface area (Å²) in [5.41, 5.74) is 0. The summed E-state index contributed by atoms with van der Waals surface area (Å²) in [4.78, 5) is 12.5. The summed E-state index contributed by atoms with van der Waals surface area (Å²) in [5.74, 6) is -0.517. The topological polar surface area (TPSA) is 89.8 Å². The van der Waals surface area contributed by atoms with Gasteiger partial charge in [-0.25, -0.2) is 0 Å². The highest BCUT2D eigenvalue weighted by atomic mass is 16.3. The maximum atomic E-state index is 12.5. The van der Waals surface area contributed by atoms with Crippen LogP contribution in [-0.2, 0) is 4.79 Å². The van der Waals surface area contributed by atoms with Crippen molar-refractivity contribution in [2.24, 2.45) is 0 Å². The van der Waals surface area contributed by atoms with E-state index in [4.69, 9.17) is 0 Å². The van der Waals surface area contributed by atoms with Crippen LogP contribution in [0.3, 0.4) is 0 Å². The normalized spacial score (nSPS) is 13.8. The zero-order valence-electron chi connectivity index (χ0n) is 39.4. The Morgan fingerprint density at radius 1 is 0.407 bits per heavy atom. The molecule has 0 saturated carbocycles. The van der Waals surface area contributed by atoms with Gasteiger partial charge in [0, 0.05) is 0 Å². The molecule has 0 spiro atoms. The maximum absolute atomic E-state index is 12.5. The second kappa shape index (κ2) is 49.0. The molecule has 3 unspecified atom stereocenters. The molecule has 0 aliphatic rings. The molecule has 0 aliphatic heterocycles. The minimum Gasteiger partial charge on any atom is -0.394 e. The van der Waals surface area contributed by atoms with E-state index in [1.54, 1.807) is 6.08 Å². The van der Waals surface area contributed by atoms with Gasteiger partial charge in [0.1, 0.15) is 6.10 Å². The van der Waals surface area contributed by atoms with E-state index in [-0.39, 0.29) is 6.61 Å². The fraction of sp³-hybridized carbons (Fsp3) is 0.833. The molecule has 5 nitrogen and oxygen atoms in total. The lowest BCUT2D eigenvalue weighted by Crippen LogP contribution is -2.48. The standard InChI is InChI=1S/C54H101NO4/c1-3-5-7-9-11-13-15-17-19-21-23-24-25-26-27-28-29-30-31-33-35-37-39-41-43-45-47-49-53(58)54(59)55-51(50-56)52(57)48-46-44-42-40-38-36-34-32-22-20-18-16-14-12-10-8-6-4-2/h22,26-27,32,38,40,46,48,51-53,56-58H,3-21,23-25,28-31,33-37,39,41-45,47,49-50H2,1-2H3,(H,55,59)/b27-26-,32-22+,40-38+,48-46+. The van der Waals surface area contributed by atoms with E-state index in [1.807, 2.05) is 6.08 Å². The Morgan fingerprint density at radius 2 is 0.695 bits per heavy atom. The highest BCUT2D eigenvalue weighted by Gasteiger charge is 2.22. The summed E-state index contributed by atoms with van der Waals surface area (Å²) >= 11 is 0. The molecule has 0 aliphatic carbocycles. The summed E-state index contributed by atoms with van der Waals surface area (Å²) in [6.07, 6.45) is 64.6. The monoisotopic (exact) mass is 828 g/mol. The highest BCUT2D eigenvalue weighted by molar-refractivity contribution is 5.80. The van der Waals surface area contributed by atoms with Crippen LogP contribution in [0.25, 0.3) is 0 Å². The maximum Gasteiger partial charge on any atom is 0.249 e. The summed E-state index contributed by atoms with van der Waals surface area (Å²) in [6.45, 7) is 4.18. The number of amides is 1. The molecule has 0 aromatic carbocycles. The molecule has 0 aromatic heterocycles. The van der Waals surface area contributed by atoms with E-state index in [0.29, 0.717) is 6.42 Å². The van der Waals surface area contributed by atoms with E-state index in [0.717, 1.165) is 44.9 Å². The van der Waals surface area contributed by atoms with Crippen molar-refractivity contribution in [1.82, 2.24) is 5.32 Å². The molecule has 346 valence electrons. The predicted molar refractivity (Wildman–Crippen MR) is 259 cm³/mol. The number of carbonyl (C=O) groups is 1. The van der Waals surface area contributed by atoms with Gasteiger partial charge in [0.2, 0.25) is 5.91 Å². The van der Waals surface area contributed by atoms with E-state index >= 15 is 0 Å². The zero-order chi connectivity index (χ0) is 43.0. The predicted octanol–water partition coefficient (Wildman–Crippen LogP) is 15.7. The van der Waals surface area contributed by atoms with Crippen molar-refractivity contribution in [3.63, 3.8) is 0 Å². The van der Waals surface area contributed by atoms with Crippen LogP contribution in [0.15, 0.2) is 48.6 Å². The lowest BCUT2D eigenvalue weighted by Gasteiger charge is -2.21. The van der Waals surface area contributed by atoms with Crippen molar-refractivity contribution in [1.29, 1.82) is 0 Å². The molecule has 0 rings (SSSR count). The second-order valence-corrected chi connectivity index (χ2v) is 17.7. The largest absolute Gasteiger partial charge is 0.394 e. The van der Waals surface area contributed by atoms with Gasteiger partial charge < -0.3 is 20.6 Å². The van der Waals surface area contributed by atoms with Gasteiger partial charge in [-0.15, -0.1) is 0 Å². The molecule has 0 fully saturated rings. The Kier molecular flexibility index (Phi) is 47.6.